The summed E-state index contributed by atoms with van der Waals surface area (Å²) >= 11 is 5.90. The second kappa shape index (κ2) is 8.22. The van der Waals surface area contributed by atoms with E-state index in [2.05, 4.69) is 16.0 Å². The number of allylic oxidation sites excluding steroid dienone is 1. The van der Waals surface area contributed by atoms with Crippen molar-refractivity contribution in [3.8, 4) is 11.5 Å². The molecule has 0 saturated heterocycles. The van der Waals surface area contributed by atoms with Crippen molar-refractivity contribution in [3.05, 3.63) is 64.3 Å². The molecule has 0 aliphatic carbocycles. The van der Waals surface area contributed by atoms with E-state index < -0.39 is 12.1 Å². The van der Waals surface area contributed by atoms with E-state index in [1.54, 1.807) is 56.5 Å². The van der Waals surface area contributed by atoms with Crippen molar-refractivity contribution < 1.29 is 19.1 Å². The minimum Gasteiger partial charge on any atom is -0.497 e. The fourth-order valence-corrected chi connectivity index (χ4v) is 3.15. The molecule has 1 aliphatic heterocycles. The Hall–Kier alpha value is -3.19. The van der Waals surface area contributed by atoms with E-state index in [9.17, 15) is 9.59 Å². The summed E-state index contributed by atoms with van der Waals surface area (Å²) in [6.45, 7) is 1.68. The molecule has 2 aromatic carbocycles. The molecule has 0 aromatic heterocycles. The highest BCUT2D eigenvalue weighted by atomic mass is 35.5. The Morgan fingerprint density at radius 3 is 2.46 bits per heavy atom. The van der Waals surface area contributed by atoms with Gasteiger partial charge in [-0.1, -0.05) is 11.6 Å². The third kappa shape index (κ3) is 4.04. The van der Waals surface area contributed by atoms with Gasteiger partial charge in [-0.2, -0.15) is 0 Å². The second-order valence-electron chi connectivity index (χ2n) is 6.14. The van der Waals surface area contributed by atoms with E-state index in [0.717, 1.165) is 0 Å². The molecule has 7 nitrogen and oxygen atoms in total. The Bertz CT molecular complexity index is 941. The lowest BCUT2D eigenvalue weighted by Crippen LogP contribution is -2.46. The number of hydrogen-bond donors (Lipinski definition) is 3. The Morgan fingerprint density at radius 2 is 1.82 bits per heavy atom. The minimum absolute atomic E-state index is 0.359. The fraction of sp³-hybridized carbons (Fsp3) is 0.200. The number of anilines is 1. The SMILES string of the molecule is COc1ccc(OC)c([C@H]2NC(=O)NC(C)=C2C(=O)Nc2ccc(Cl)cc2)c1. The molecule has 0 bridgehead atoms. The maximum atomic E-state index is 13.0. The first-order chi connectivity index (χ1) is 13.4. The van der Waals surface area contributed by atoms with Crippen molar-refractivity contribution in [2.75, 3.05) is 19.5 Å². The zero-order valence-electron chi connectivity index (χ0n) is 15.6. The molecule has 146 valence electrons. The van der Waals surface area contributed by atoms with Crippen LogP contribution in [0.1, 0.15) is 18.5 Å². The molecular weight excluding hydrogens is 382 g/mol. The highest BCUT2D eigenvalue weighted by Crippen LogP contribution is 2.35. The largest absolute Gasteiger partial charge is 0.497 e. The smallest absolute Gasteiger partial charge is 0.319 e. The Kier molecular flexibility index (Phi) is 5.75. The van der Waals surface area contributed by atoms with Gasteiger partial charge in [-0.3, -0.25) is 4.79 Å². The number of carbonyl (C=O) groups excluding carboxylic acids is 2. The molecular formula is C20H20ClN3O4. The molecule has 1 heterocycles. The lowest BCUT2D eigenvalue weighted by atomic mass is 9.93. The molecule has 0 radical (unpaired) electrons. The zero-order valence-corrected chi connectivity index (χ0v) is 16.4. The average Bonchev–Trinajstić information content (AvgIpc) is 2.68. The lowest BCUT2D eigenvalue weighted by molar-refractivity contribution is -0.113. The molecule has 1 aliphatic rings. The lowest BCUT2D eigenvalue weighted by Gasteiger charge is -2.29. The monoisotopic (exact) mass is 401 g/mol. The summed E-state index contributed by atoms with van der Waals surface area (Å²) in [5.41, 5.74) is 2.01. The van der Waals surface area contributed by atoms with E-state index in [1.165, 1.54) is 7.11 Å². The van der Waals surface area contributed by atoms with Crippen LogP contribution < -0.4 is 25.4 Å². The summed E-state index contributed by atoms with van der Waals surface area (Å²) in [6.07, 6.45) is 0. The molecule has 0 fully saturated rings. The summed E-state index contributed by atoms with van der Waals surface area (Å²) < 4.78 is 10.7. The molecule has 0 spiro atoms. The van der Waals surface area contributed by atoms with Crippen LogP contribution in [0.25, 0.3) is 0 Å². The number of halogens is 1. The van der Waals surface area contributed by atoms with E-state index in [0.29, 0.717) is 39.0 Å². The molecule has 3 amide bonds. The van der Waals surface area contributed by atoms with Crippen LogP contribution >= 0.6 is 11.6 Å². The first kappa shape index (κ1) is 19.6. The van der Waals surface area contributed by atoms with Crippen molar-refractivity contribution >= 4 is 29.2 Å². The number of hydrogen-bond acceptors (Lipinski definition) is 4. The van der Waals surface area contributed by atoms with Crippen molar-refractivity contribution in [2.45, 2.75) is 13.0 Å². The van der Waals surface area contributed by atoms with Gasteiger partial charge in [0.05, 0.1) is 25.8 Å². The number of carbonyl (C=O) groups is 2. The summed E-state index contributed by atoms with van der Waals surface area (Å²) in [4.78, 5) is 25.1. The minimum atomic E-state index is -0.717. The van der Waals surface area contributed by atoms with Gasteiger partial charge >= 0.3 is 6.03 Å². The number of nitrogens with one attached hydrogen (secondary N) is 3. The van der Waals surface area contributed by atoms with Gasteiger partial charge in [-0.05, 0) is 49.4 Å². The topological polar surface area (TPSA) is 88.7 Å². The van der Waals surface area contributed by atoms with Crippen LogP contribution in [-0.2, 0) is 4.79 Å². The summed E-state index contributed by atoms with van der Waals surface area (Å²) in [5.74, 6) is 0.749. The predicted octanol–water partition coefficient (Wildman–Crippen LogP) is 3.62. The summed E-state index contributed by atoms with van der Waals surface area (Å²) in [6, 6.07) is 10.9. The first-order valence-corrected chi connectivity index (χ1v) is 8.88. The molecule has 3 N–H and O–H groups in total. The zero-order chi connectivity index (χ0) is 20.3. The number of rotatable bonds is 5. The highest BCUT2D eigenvalue weighted by Gasteiger charge is 2.33. The van der Waals surface area contributed by atoms with Crippen LogP contribution in [0.15, 0.2) is 53.7 Å². The predicted molar refractivity (Wildman–Crippen MR) is 107 cm³/mol. The molecule has 1 atom stereocenters. The van der Waals surface area contributed by atoms with E-state index in [-0.39, 0.29) is 5.91 Å². The van der Waals surface area contributed by atoms with Crippen molar-refractivity contribution in [1.82, 2.24) is 10.6 Å². The standard InChI is InChI=1S/C20H20ClN3O4/c1-11-17(19(25)23-13-6-4-12(21)5-7-13)18(24-20(26)22-11)15-10-14(27-2)8-9-16(15)28-3/h4-10,18H,1-3H3,(H,23,25)(H2,22,24,26)/t18-/m1/s1. The van der Waals surface area contributed by atoms with Gasteiger partial charge in [-0.15, -0.1) is 0 Å². The van der Waals surface area contributed by atoms with Crippen molar-refractivity contribution in [2.24, 2.45) is 0 Å². The normalized spacial score (nSPS) is 16.1. The highest BCUT2D eigenvalue weighted by molar-refractivity contribution is 6.30. The van der Waals surface area contributed by atoms with Gasteiger partial charge in [0.2, 0.25) is 0 Å². The summed E-state index contributed by atoms with van der Waals surface area (Å²) in [7, 11) is 3.07. The van der Waals surface area contributed by atoms with E-state index in [1.807, 2.05) is 0 Å². The van der Waals surface area contributed by atoms with Crippen LogP contribution in [0, 0.1) is 0 Å². The quantitative estimate of drug-likeness (QED) is 0.713. The van der Waals surface area contributed by atoms with Crippen LogP contribution in [0.4, 0.5) is 10.5 Å². The van der Waals surface area contributed by atoms with Crippen molar-refractivity contribution in [1.29, 1.82) is 0 Å². The van der Waals surface area contributed by atoms with Gasteiger partial charge in [0.15, 0.2) is 0 Å². The van der Waals surface area contributed by atoms with Crippen LogP contribution in [0.2, 0.25) is 5.02 Å². The molecule has 3 rings (SSSR count). The average molecular weight is 402 g/mol. The third-order valence-corrected chi connectivity index (χ3v) is 4.62. The number of methoxy groups -OCH3 is 2. The van der Waals surface area contributed by atoms with E-state index >= 15 is 0 Å². The first-order valence-electron chi connectivity index (χ1n) is 8.50. The molecule has 8 heteroatoms. The number of benzene rings is 2. The Balaban J connectivity index is 2.01. The number of urea groups is 1. The second-order valence-corrected chi connectivity index (χ2v) is 6.58. The molecule has 2 aromatic rings. The van der Waals surface area contributed by atoms with Gasteiger partial charge < -0.3 is 25.4 Å². The van der Waals surface area contributed by atoms with Gasteiger partial charge in [-0.25, -0.2) is 4.79 Å². The van der Waals surface area contributed by atoms with Gasteiger partial charge in [0.1, 0.15) is 11.5 Å². The van der Waals surface area contributed by atoms with Crippen LogP contribution in [-0.4, -0.2) is 26.2 Å². The van der Waals surface area contributed by atoms with Crippen molar-refractivity contribution in [3.63, 3.8) is 0 Å². The molecule has 28 heavy (non-hydrogen) atoms. The third-order valence-electron chi connectivity index (χ3n) is 4.36. The summed E-state index contributed by atoms with van der Waals surface area (Å²) in [5, 5.41) is 8.84. The van der Waals surface area contributed by atoms with E-state index in [4.69, 9.17) is 21.1 Å². The maximum absolute atomic E-state index is 13.0. The fourth-order valence-electron chi connectivity index (χ4n) is 3.02. The maximum Gasteiger partial charge on any atom is 0.319 e. The number of ether oxygens (including phenoxy) is 2. The molecule has 0 unspecified atom stereocenters. The Labute approximate surface area is 167 Å². The number of amides is 3. The van der Waals surface area contributed by atoms with Crippen LogP contribution in [0.5, 0.6) is 11.5 Å². The van der Waals surface area contributed by atoms with Gasteiger partial charge in [0.25, 0.3) is 5.91 Å². The van der Waals surface area contributed by atoms with Gasteiger partial charge in [0, 0.05) is 22.0 Å². The van der Waals surface area contributed by atoms with Crippen LogP contribution in [0.3, 0.4) is 0 Å². The molecule has 0 saturated carbocycles. The Morgan fingerprint density at radius 1 is 1.11 bits per heavy atom.